The minimum atomic E-state index is -0.431. The van der Waals surface area contributed by atoms with Gasteiger partial charge < -0.3 is 15.0 Å². The molecular weight excluding hydrogens is 320 g/mol. The summed E-state index contributed by atoms with van der Waals surface area (Å²) >= 11 is 1.81. The zero-order valence-electron chi connectivity index (χ0n) is 15.9. The van der Waals surface area contributed by atoms with Crippen LogP contribution < -0.4 is 5.32 Å². The normalized spacial score (nSPS) is 21.4. The lowest BCUT2D eigenvalue weighted by Gasteiger charge is -2.37. The number of piperidine rings is 1. The molecule has 5 heteroatoms. The number of carbonyl (C=O) groups is 1. The van der Waals surface area contributed by atoms with Gasteiger partial charge in [-0.1, -0.05) is 0 Å². The number of nitrogens with zero attached hydrogens (tertiary/aromatic N) is 1. The van der Waals surface area contributed by atoms with Crippen LogP contribution in [0.25, 0.3) is 0 Å². The Balaban J connectivity index is 1.91. The first-order chi connectivity index (χ1) is 11.2. The predicted octanol–water partition coefficient (Wildman–Crippen LogP) is 4.74. The van der Waals surface area contributed by atoms with Crippen molar-refractivity contribution in [3.63, 3.8) is 0 Å². The van der Waals surface area contributed by atoms with Gasteiger partial charge in [-0.2, -0.15) is 0 Å². The summed E-state index contributed by atoms with van der Waals surface area (Å²) in [6, 6.07) is 2.89. The first-order valence-electron chi connectivity index (χ1n) is 8.95. The average Bonchev–Trinajstić information content (AvgIpc) is 2.92. The third-order valence-corrected chi connectivity index (χ3v) is 5.83. The van der Waals surface area contributed by atoms with Gasteiger partial charge in [0.2, 0.25) is 0 Å². The molecule has 0 aliphatic carbocycles. The average molecular weight is 353 g/mol. The second kappa shape index (κ2) is 7.87. The molecule has 24 heavy (non-hydrogen) atoms. The minimum absolute atomic E-state index is 0.179. The molecule has 0 bridgehead atoms. The third-order valence-electron chi connectivity index (χ3n) is 4.62. The molecule has 2 rings (SSSR count). The molecule has 1 aliphatic heterocycles. The van der Waals surface area contributed by atoms with Crippen molar-refractivity contribution in [2.24, 2.45) is 5.92 Å². The van der Waals surface area contributed by atoms with Crippen molar-refractivity contribution >= 4 is 17.4 Å². The third kappa shape index (κ3) is 5.21. The summed E-state index contributed by atoms with van der Waals surface area (Å²) < 4.78 is 5.53. The largest absolute Gasteiger partial charge is 0.444 e. The molecule has 1 fully saturated rings. The van der Waals surface area contributed by atoms with Crippen LogP contribution in [0.1, 0.15) is 63.9 Å². The van der Waals surface area contributed by atoms with Gasteiger partial charge >= 0.3 is 6.09 Å². The highest BCUT2D eigenvalue weighted by molar-refractivity contribution is 7.10. The SMILES string of the molecule is Cc1ccsc1C(C)NC(C)C1CCCN(C(=O)OC(C)(C)C)C1. The predicted molar refractivity (Wildman–Crippen MR) is 101 cm³/mol. The van der Waals surface area contributed by atoms with E-state index in [0.717, 1.165) is 25.9 Å². The van der Waals surface area contributed by atoms with Gasteiger partial charge in [0.1, 0.15) is 5.60 Å². The molecule has 1 aromatic heterocycles. The Bertz CT molecular complexity index is 550. The van der Waals surface area contributed by atoms with Crippen LogP contribution in [0, 0.1) is 12.8 Å². The van der Waals surface area contributed by atoms with E-state index in [1.165, 1.54) is 10.4 Å². The molecule has 1 amide bonds. The molecule has 0 saturated carbocycles. The van der Waals surface area contributed by atoms with Crippen molar-refractivity contribution in [3.8, 4) is 0 Å². The number of thiophene rings is 1. The van der Waals surface area contributed by atoms with Gasteiger partial charge in [0.25, 0.3) is 0 Å². The molecule has 1 N–H and O–H groups in total. The number of hydrogen-bond acceptors (Lipinski definition) is 4. The molecule has 2 heterocycles. The Morgan fingerprint density at radius 2 is 2.12 bits per heavy atom. The minimum Gasteiger partial charge on any atom is -0.444 e. The highest BCUT2D eigenvalue weighted by atomic mass is 32.1. The van der Waals surface area contributed by atoms with Gasteiger partial charge in [-0.05, 0) is 77.3 Å². The quantitative estimate of drug-likeness (QED) is 0.851. The summed E-state index contributed by atoms with van der Waals surface area (Å²) in [5, 5.41) is 5.88. The Kier molecular flexibility index (Phi) is 6.32. The number of ether oxygens (including phenoxy) is 1. The van der Waals surface area contributed by atoms with Crippen LogP contribution in [0.2, 0.25) is 0 Å². The first kappa shape index (κ1) is 19.3. The number of nitrogens with one attached hydrogen (secondary N) is 1. The fraction of sp³-hybridized carbons (Fsp3) is 0.737. The van der Waals surface area contributed by atoms with E-state index in [1.807, 2.05) is 37.0 Å². The molecule has 1 aromatic rings. The smallest absolute Gasteiger partial charge is 0.410 e. The number of carbonyl (C=O) groups excluding carboxylic acids is 1. The van der Waals surface area contributed by atoms with Crippen LogP contribution in [0.3, 0.4) is 0 Å². The van der Waals surface area contributed by atoms with Crippen molar-refractivity contribution in [1.29, 1.82) is 0 Å². The second-order valence-electron chi connectivity index (χ2n) is 7.97. The number of amides is 1. The number of aryl methyl sites for hydroxylation is 1. The van der Waals surface area contributed by atoms with Gasteiger partial charge in [-0.15, -0.1) is 11.3 Å². The molecule has 3 unspecified atom stereocenters. The zero-order valence-corrected chi connectivity index (χ0v) is 16.7. The van der Waals surface area contributed by atoms with Crippen LogP contribution in [-0.2, 0) is 4.74 Å². The first-order valence-corrected chi connectivity index (χ1v) is 9.83. The van der Waals surface area contributed by atoms with Crippen LogP contribution in [0.4, 0.5) is 4.79 Å². The summed E-state index contributed by atoms with van der Waals surface area (Å²) in [5.74, 6) is 0.467. The Morgan fingerprint density at radius 3 is 2.71 bits per heavy atom. The van der Waals surface area contributed by atoms with E-state index in [4.69, 9.17) is 4.74 Å². The maximum Gasteiger partial charge on any atom is 0.410 e. The highest BCUT2D eigenvalue weighted by Crippen LogP contribution is 2.27. The fourth-order valence-corrected chi connectivity index (χ4v) is 4.29. The molecule has 0 radical (unpaired) electrons. The van der Waals surface area contributed by atoms with Crippen molar-refractivity contribution in [3.05, 3.63) is 21.9 Å². The van der Waals surface area contributed by atoms with E-state index in [0.29, 0.717) is 18.0 Å². The maximum absolute atomic E-state index is 12.3. The second-order valence-corrected chi connectivity index (χ2v) is 8.92. The van der Waals surface area contributed by atoms with Crippen LogP contribution in [-0.4, -0.2) is 35.7 Å². The van der Waals surface area contributed by atoms with Gasteiger partial charge in [0, 0.05) is 30.1 Å². The monoisotopic (exact) mass is 352 g/mol. The molecule has 3 atom stereocenters. The molecule has 136 valence electrons. The van der Waals surface area contributed by atoms with Gasteiger partial charge in [-0.25, -0.2) is 4.79 Å². The summed E-state index contributed by atoms with van der Waals surface area (Å²) in [6.45, 7) is 14.0. The Morgan fingerprint density at radius 1 is 1.42 bits per heavy atom. The van der Waals surface area contributed by atoms with E-state index >= 15 is 0 Å². The summed E-state index contributed by atoms with van der Waals surface area (Å²) in [7, 11) is 0. The standard InChI is InChI=1S/C19H32N2O2S/c1-13-9-11-24-17(13)15(3)20-14(2)16-8-7-10-21(12-16)18(22)23-19(4,5)6/h9,11,14-16,20H,7-8,10,12H2,1-6H3. The number of hydrogen-bond donors (Lipinski definition) is 1. The van der Waals surface area contributed by atoms with E-state index in [9.17, 15) is 4.79 Å². The van der Waals surface area contributed by atoms with Gasteiger partial charge in [0.15, 0.2) is 0 Å². The molecule has 1 saturated heterocycles. The van der Waals surface area contributed by atoms with Crippen LogP contribution in [0.15, 0.2) is 11.4 Å². The van der Waals surface area contributed by atoms with E-state index in [-0.39, 0.29) is 6.09 Å². The molecule has 0 aromatic carbocycles. The number of rotatable bonds is 4. The lowest BCUT2D eigenvalue weighted by atomic mass is 9.91. The summed E-state index contributed by atoms with van der Waals surface area (Å²) in [6.07, 6.45) is 2.02. The molecule has 0 spiro atoms. The van der Waals surface area contributed by atoms with Gasteiger partial charge in [0.05, 0.1) is 0 Å². The highest BCUT2D eigenvalue weighted by Gasteiger charge is 2.30. The molecule has 1 aliphatic rings. The number of likely N-dealkylation sites (tertiary alicyclic amines) is 1. The molecule has 4 nitrogen and oxygen atoms in total. The van der Waals surface area contributed by atoms with Crippen LogP contribution in [0.5, 0.6) is 0 Å². The lowest BCUT2D eigenvalue weighted by molar-refractivity contribution is 0.0146. The lowest BCUT2D eigenvalue weighted by Crippen LogP contribution is -2.48. The van der Waals surface area contributed by atoms with E-state index < -0.39 is 5.60 Å². The van der Waals surface area contributed by atoms with Crippen molar-refractivity contribution < 1.29 is 9.53 Å². The fourth-order valence-electron chi connectivity index (χ4n) is 3.34. The van der Waals surface area contributed by atoms with E-state index in [2.05, 4.69) is 37.5 Å². The van der Waals surface area contributed by atoms with Crippen molar-refractivity contribution in [2.75, 3.05) is 13.1 Å². The topological polar surface area (TPSA) is 41.6 Å². The zero-order chi connectivity index (χ0) is 17.9. The Labute approximate surface area is 150 Å². The summed E-state index contributed by atoms with van der Waals surface area (Å²) in [5.41, 5.74) is 0.922. The summed E-state index contributed by atoms with van der Waals surface area (Å²) in [4.78, 5) is 15.6. The van der Waals surface area contributed by atoms with Crippen molar-refractivity contribution in [1.82, 2.24) is 10.2 Å². The van der Waals surface area contributed by atoms with Crippen LogP contribution >= 0.6 is 11.3 Å². The van der Waals surface area contributed by atoms with Gasteiger partial charge in [-0.3, -0.25) is 0 Å². The van der Waals surface area contributed by atoms with Crippen molar-refractivity contribution in [2.45, 2.75) is 72.1 Å². The maximum atomic E-state index is 12.3. The Hall–Kier alpha value is -1.07. The van der Waals surface area contributed by atoms with E-state index in [1.54, 1.807) is 0 Å². The molecular formula is C19H32N2O2S.